The molecule has 0 spiro atoms. The van der Waals surface area contributed by atoms with Gasteiger partial charge in [0.25, 0.3) is 0 Å². The second-order valence-electron chi connectivity index (χ2n) is 3.98. The molecule has 0 saturated carbocycles. The zero-order chi connectivity index (χ0) is 12.4. The zero-order valence-corrected chi connectivity index (χ0v) is 9.67. The van der Waals surface area contributed by atoms with E-state index in [1.807, 2.05) is 24.3 Å². The van der Waals surface area contributed by atoms with Gasteiger partial charge < -0.3 is 11.1 Å². The van der Waals surface area contributed by atoms with Crippen LogP contribution in [0, 0.1) is 0 Å². The minimum atomic E-state index is 0.415. The lowest BCUT2D eigenvalue weighted by Gasteiger charge is -2.08. The Morgan fingerprint density at radius 2 is 1.72 bits per heavy atom. The van der Waals surface area contributed by atoms with Gasteiger partial charge in [-0.3, -0.25) is 0 Å². The Labute approximate surface area is 104 Å². The standard InChI is InChI=1S/C14H12N4/c15-13-8-17-14(9-16-13)18-12-7-3-5-10-4-1-2-6-11(10)12/h1-9H,(H2,15,16)(H,17,18). The number of nitrogens with one attached hydrogen (secondary N) is 1. The van der Waals surface area contributed by atoms with Gasteiger partial charge in [0.2, 0.25) is 0 Å². The normalized spacial score (nSPS) is 10.4. The van der Waals surface area contributed by atoms with Gasteiger partial charge in [-0.2, -0.15) is 0 Å². The summed E-state index contributed by atoms with van der Waals surface area (Å²) in [5, 5.41) is 5.58. The Balaban J connectivity index is 2.02. The Morgan fingerprint density at radius 1 is 0.889 bits per heavy atom. The number of benzene rings is 2. The molecule has 88 valence electrons. The number of aromatic nitrogens is 2. The molecule has 0 aliphatic rings. The van der Waals surface area contributed by atoms with E-state index in [0.717, 1.165) is 11.1 Å². The van der Waals surface area contributed by atoms with Crippen molar-refractivity contribution in [3.8, 4) is 0 Å². The summed E-state index contributed by atoms with van der Waals surface area (Å²) >= 11 is 0. The molecule has 3 aromatic rings. The first kappa shape index (κ1) is 10.5. The van der Waals surface area contributed by atoms with E-state index in [1.54, 1.807) is 6.20 Å². The van der Waals surface area contributed by atoms with Crippen LogP contribution >= 0.6 is 0 Å². The Bertz CT molecular complexity index is 671. The molecule has 18 heavy (non-hydrogen) atoms. The lowest BCUT2D eigenvalue weighted by atomic mass is 10.1. The second-order valence-corrected chi connectivity index (χ2v) is 3.98. The van der Waals surface area contributed by atoms with E-state index < -0.39 is 0 Å². The van der Waals surface area contributed by atoms with Crippen LogP contribution in [0.3, 0.4) is 0 Å². The molecule has 3 N–H and O–H groups in total. The van der Waals surface area contributed by atoms with Crippen LogP contribution in [0.15, 0.2) is 54.9 Å². The molecule has 0 unspecified atom stereocenters. The van der Waals surface area contributed by atoms with Gasteiger partial charge in [0.05, 0.1) is 12.4 Å². The van der Waals surface area contributed by atoms with Gasteiger partial charge in [0.15, 0.2) is 0 Å². The summed E-state index contributed by atoms with van der Waals surface area (Å²) in [6, 6.07) is 14.3. The molecule has 0 fully saturated rings. The number of nitrogen functional groups attached to an aromatic ring is 1. The highest BCUT2D eigenvalue weighted by Crippen LogP contribution is 2.25. The van der Waals surface area contributed by atoms with Gasteiger partial charge >= 0.3 is 0 Å². The van der Waals surface area contributed by atoms with Crippen LogP contribution in [0.1, 0.15) is 0 Å². The van der Waals surface area contributed by atoms with Crippen LogP contribution in [0.2, 0.25) is 0 Å². The molecule has 0 amide bonds. The molecule has 0 bridgehead atoms. The van der Waals surface area contributed by atoms with E-state index in [9.17, 15) is 0 Å². The van der Waals surface area contributed by atoms with E-state index in [2.05, 4.69) is 33.5 Å². The number of nitrogens with two attached hydrogens (primary N) is 1. The molecular weight excluding hydrogens is 224 g/mol. The third-order valence-electron chi connectivity index (χ3n) is 2.72. The lowest BCUT2D eigenvalue weighted by molar-refractivity contribution is 1.21. The highest BCUT2D eigenvalue weighted by atomic mass is 15.0. The van der Waals surface area contributed by atoms with Crippen LogP contribution < -0.4 is 11.1 Å². The van der Waals surface area contributed by atoms with E-state index in [0.29, 0.717) is 11.6 Å². The molecule has 4 heteroatoms. The third-order valence-corrected chi connectivity index (χ3v) is 2.72. The first-order valence-corrected chi connectivity index (χ1v) is 5.65. The van der Waals surface area contributed by atoms with Gasteiger partial charge in [-0.05, 0) is 11.5 Å². The van der Waals surface area contributed by atoms with E-state index in [4.69, 9.17) is 5.73 Å². The third kappa shape index (κ3) is 1.96. The van der Waals surface area contributed by atoms with Crippen molar-refractivity contribution < 1.29 is 0 Å². The van der Waals surface area contributed by atoms with Gasteiger partial charge in [-0.1, -0.05) is 36.4 Å². The average molecular weight is 236 g/mol. The molecule has 0 radical (unpaired) electrons. The first-order chi connectivity index (χ1) is 8.83. The fourth-order valence-electron chi connectivity index (χ4n) is 1.87. The topological polar surface area (TPSA) is 63.8 Å². The van der Waals surface area contributed by atoms with Crippen molar-refractivity contribution in [2.24, 2.45) is 0 Å². The van der Waals surface area contributed by atoms with E-state index in [-0.39, 0.29) is 0 Å². The summed E-state index contributed by atoms with van der Waals surface area (Å²) in [5.41, 5.74) is 6.52. The van der Waals surface area contributed by atoms with Gasteiger partial charge in [0.1, 0.15) is 11.6 Å². The highest BCUT2D eigenvalue weighted by molar-refractivity contribution is 5.95. The average Bonchev–Trinajstić information content (AvgIpc) is 2.42. The minimum Gasteiger partial charge on any atom is -0.382 e. The molecule has 1 heterocycles. The molecule has 2 aromatic carbocycles. The smallest absolute Gasteiger partial charge is 0.149 e. The number of anilines is 3. The maximum atomic E-state index is 5.51. The monoisotopic (exact) mass is 236 g/mol. The fraction of sp³-hybridized carbons (Fsp3) is 0. The van der Waals surface area contributed by atoms with E-state index in [1.165, 1.54) is 11.6 Å². The largest absolute Gasteiger partial charge is 0.382 e. The highest BCUT2D eigenvalue weighted by Gasteiger charge is 2.01. The molecule has 0 aliphatic carbocycles. The van der Waals surface area contributed by atoms with Crippen LogP contribution in [0.5, 0.6) is 0 Å². The van der Waals surface area contributed by atoms with E-state index >= 15 is 0 Å². The summed E-state index contributed by atoms with van der Waals surface area (Å²) in [6.45, 7) is 0. The molecule has 3 rings (SSSR count). The zero-order valence-electron chi connectivity index (χ0n) is 9.67. The van der Waals surface area contributed by atoms with Crippen molar-refractivity contribution in [2.45, 2.75) is 0 Å². The quantitative estimate of drug-likeness (QED) is 0.718. The fourth-order valence-corrected chi connectivity index (χ4v) is 1.87. The lowest BCUT2D eigenvalue weighted by Crippen LogP contribution is -1.97. The number of hydrogen-bond acceptors (Lipinski definition) is 4. The molecule has 1 aromatic heterocycles. The van der Waals surface area contributed by atoms with Crippen molar-refractivity contribution in [3.05, 3.63) is 54.9 Å². The molecular formula is C14H12N4. The summed E-state index contributed by atoms with van der Waals surface area (Å²) in [6.07, 6.45) is 3.16. The van der Waals surface area contributed by atoms with Crippen LogP contribution in [0.25, 0.3) is 10.8 Å². The van der Waals surface area contributed by atoms with Gasteiger partial charge in [-0.15, -0.1) is 0 Å². The Hall–Kier alpha value is -2.62. The number of nitrogens with zero attached hydrogens (tertiary/aromatic N) is 2. The van der Waals surface area contributed by atoms with Crippen molar-refractivity contribution in [1.82, 2.24) is 9.97 Å². The molecule has 4 nitrogen and oxygen atoms in total. The van der Waals surface area contributed by atoms with Crippen molar-refractivity contribution in [3.63, 3.8) is 0 Å². The summed E-state index contributed by atoms with van der Waals surface area (Å²) in [4.78, 5) is 8.19. The van der Waals surface area contributed by atoms with Crippen LogP contribution in [0.4, 0.5) is 17.3 Å². The van der Waals surface area contributed by atoms with Crippen molar-refractivity contribution in [1.29, 1.82) is 0 Å². The summed E-state index contributed by atoms with van der Waals surface area (Å²) in [5.74, 6) is 1.10. The molecule has 0 atom stereocenters. The summed E-state index contributed by atoms with van der Waals surface area (Å²) in [7, 11) is 0. The maximum absolute atomic E-state index is 5.51. The minimum absolute atomic E-state index is 0.415. The maximum Gasteiger partial charge on any atom is 0.149 e. The van der Waals surface area contributed by atoms with Gasteiger partial charge in [0, 0.05) is 11.1 Å². The molecule has 0 saturated heterocycles. The SMILES string of the molecule is Nc1cnc(Nc2cccc3ccccc23)cn1. The Kier molecular flexibility index (Phi) is 2.53. The van der Waals surface area contributed by atoms with Crippen molar-refractivity contribution in [2.75, 3.05) is 11.1 Å². The van der Waals surface area contributed by atoms with Crippen LogP contribution in [-0.2, 0) is 0 Å². The van der Waals surface area contributed by atoms with Gasteiger partial charge in [-0.25, -0.2) is 9.97 Å². The molecule has 0 aliphatic heterocycles. The predicted octanol–water partition coefficient (Wildman–Crippen LogP) is 2.96. The predicted molar refractivity (Wildman–Crippen MR) is 73.7 cm³/mol. The number of fused-ring (bicyclic) bond motifs is 1. The number of rotatable bonds is 2. The second kappa shape index (κ2) is 4.33. The Morgan fingerprint density at radius 3 is 2.56 bits per heavy atom. The number of hydrogen-bond donors (Lipinski definition) is 2. The summed E-state index contributed by atoms with van der Waals surface area (Å²) < 4.78 is 0. The van der Waals surface area contributed by atoms with Crippen molar-refractivity contribution >= 4 is 28.1 Å². The van der Waals surface area contributed by atoms with Crippen LogP contribution in [-0.4, -0.2) is 9.97 Å². The first-order valence-electron chi connectivity index (χ1n) is 5.65.